The van der Waals surface area contributed by atoms with Gasteiger partial charge in [0.2, 0.25) is 0 Å². The van der Waals surface area contributed by atoms with Crippen molar-refractivity contribution in [2.75, 3.05) is 40.1 Å². The van der Waals surface area contributed by atoms with Crippen LogP contribution in [0.15, 0.2) is 24.3 Å². The van der Waals surface area contributed by atoms with E-state index in [-0.39, 0.29) is 6.10 Å². The fraction of sp³-hybridized carbons (Fsp3) is 0.647. The Kier molecular flexibility index (Phi) is 7.16. The number of nitrogens with one attached hydrogen (secondary N) is 1. The summed E-state index contributed by atoms with van der Waals surface area (Å²) >= 11 is 0. The van der Waals surface area contributed by atoms with Crippen LogP contribution in [0.2, 0.25) is 0 Å². The van der Waals surface area contributed by atoms with E-state index < -0.39 is 0 Å². The van der Waals surface area contributed by atoms with Gasteiger partial charge >= 0.3 is 0 Å². The van der Waals surface area contributed by atoms with E-state index in [4.69, 9.17) is 14.2 Å². The van der Waals surface area contributed by atoms with Crippen LogP contribution in [0.1, 0.15) is 30.5 Å². The second-order valence-corrected chi connectivity index (χ2v) is 5.35. The van der Waals surface area contributed by atoms with Gasteiger partial charge in [-0.15, -0.1) is 0 Å². The van der Waals surface area contributed by atoms with Crippen molar-refractivity contribution in [3.63, 3.8) is 0 Å². The van der Waals surface area contributed by atoms with Crippen LogP contribution >= 0.6 is 0 Å². The lowest BCUT2D eigenvalue weighted by molar-refractivity contribution is -0.0151. The molecule has 0 bridgehead atoms. The molecule has 1 aromatic rings. The van der Waals surface area contributed by atoms with E-state index in [0.29, 0.717) is 32.5 Å². The summed E-state index contributed by atoms with van der Waals surface area (Å²) in [6, 6.07) is 8.93. The topological polar surface area (TPSA) is 39.7 Å². The molecular weight excluding hydrogens is 266 g/mol. The average molecular weight is 293 g/mol. The van der Waals surface area contributed by atoms with E-state index in [1.807, 2.05) is 0 Å². The maximum atomic E-state index is 6.05. The summed E-state index contributed by atoms with van der Waals surface area (Å²) in [5.74, 6) is 0. The van der Waals surface area contributed by atoms with Crippen LogP contribution in [-0.4, -0.2) is 46.2 Å². The molecule has 1 aliphatic carbocycles. The minimum absolute atomic E-state index is 0.208. The molecule has 4 heteroatoms. The van der Waals surface area contributed by atoms with Gasteiger partial charge in [-0.3, -0.25) is 0 Å². The molecule has 118 valence electrons. The Morgan fingerprint density at radius 2 is 1.95 bits per heavy atom. The lowest BCUT2D eigenvalue weighted by Crippen LogP contribution is -2.32. The molecule has 0 amide bonds. The summed E-state index contributed by atoms with van der Waals surface area (Å²) in [7, 11) is 1.68. The normalized spacial score (nSPS) is 20.7. The van der Waals surface area contributed by atoms with Crippen molar-refractivity contribution in [2.45, 2.75) is 31.9 Å². The highest BCUT2D eigenvalue weighted by molar-refractivity contribution is 5.36. The highest BCUT2D eigenvalue weighted by atomic mass is 16.5. The molecule has 4 nitrogen and oxygen atoms in total. The van der Waals surface area contributed by atoms with E-state index in [1.165, 1.54) is 11.1 Å². The third kappa shape index (κ3) is 4.78. The largest absolute Gasteiger partial charge is 0.382 e. The van der Waals surface area contributed by atoms with Gasteiger partial charge in [0.15, 0.2) is 0 Å². The minimum Gasteiger partial charge on any atom is -0.382 e. The molecule has 1 N–H and O–H groups in total. The molecule has 1 aromatic carbocycles. The van der Waals surface area contributed by atoms with Crippen molar-refractivity contribution < 1.29 is 14.2 Å². The molecule has 1 aliphatic rings. The zero-order valence-corrected chi connectivity index (χ0v) is 13.1. The standard InChI is InChI=1S/C17H27NO3/c1-3-8-18-17-15-7-5-4-6-14(15)13-16(17)21-12-11-20-10-9-19-2/h4-7,16-18H,3,8-13H2,1-2H3. The SMILES string of the molecule is CCCNC1c2ccccc2CC1OCCOCCOC. The van der Waals surface area contributed by atoms with Crippen LogP contribution in [0.5, 0.6) is 0 Å². The molecule has 0 heterocycles. The Labute approximate surface area is 127 Å². The zero-order chi connectivity index (χ0) is 14.9. The van der Waals surface area contributed by atoms with Crippen molar-refractivity contribution in [1.29, 1.82) is 0 Å². The van der Waals surface area contributed by atoms with Gasteiger partial charge in [0.25, 0.3) is 0 Å². The van der Waals surface area contributed by atoms with E-state index in [2.05, 4.69) is 36.5 Å². The fourth-order valence-electron chi connectivity index (χ4n) is 2.76. The predicted octanol–water partition coefficient (Wildman–Crippen LogP) is 2.33. The molecule has 2 atom stereocenters. The molecule has 0 aromatic heterocycles. The van der Waals surface area contributed by atoms with Crippen molar-refractivity contribution >= 4 is 0 Å². The van der Waals surface area contributed by atoms with Crippen molar-refractivity contribution in [1.82, 2.24) is 5.32 Å². The molecule has 2 rings (SSSR count). The van der Waals surface area contributed by atoms with Gasteiger partial charge in [0.1, 0.15) is 0 Å². The van der Waals surface area contributed by atoms with E-state index >= 15 is 0 Å². The number of hydrogen-bond acceptors (Lipinski definition) is 4. The van der Waals surface area contributed by atoms with Gasteiger partial charge in [-0.2, -0.15) is 0 Å². The molecule has 2 unspecified atom stereocenters. The third-order valence-corrected chi connectivity index (χ3v) is 3.79. The number of ether oxygens (including phenoxy) is 3. The van der Waals surface area contributed by atoms with Gasteiger partial charge < -0.3 is 19.5 Å². The number of methoxy groups -OCH3 is 1. The summed E-state index contributed by atoms with van der Waals surface area (Å²) in [6.07, 6.45) is 2.32. The highest BCUT2D eigenvalue weighted by Gasteiger charge is 2.32. The lowest BCUT2D eigenvalue weighted by atomic mass is 10.1. The first kappa shape index (κ1) is 16.4. The Balaban J connectivity index is 1.81. The van der Waals surface area contributed by atoms with Crippen molar-refractivity contribution in [3.8, 4) is 0 Å². The van der Waals surface area contributed by atoms with Crippen LogP contribution in [0.25, 0.3) is 0 Å². The first-order valence-corrected chi connectivity index (χ1v) is 7.86. The molecule has 0 saturated carbocycles. The second kappa shape index (κ2) is 9.15. The quantitative estimate of drug-likeness (QED) is 0.672. The van der Waals surface area contributed by atoms with Crippen molar-refractivity contribution in [2.24, 2.45) is 0 Å². The second-order valence-electron chi connectivity index (χ2n) is 5.35. The van der Waals surface area contributed by atoms with Gasteiger partial charge in [-0.25, -0.2) is 0 Å². The Morgan fingerprint density at radius 3 is 2.76 bits per heavy atom. The van der Waals surface area contributed by atoms with Crippen LogP contribution in [0.4, 0.5) is 0 Å². The summed E-state index contributed by atoms with van der Waals surface area (Å²) < 4.78 is 16.5. The predicted molar refractivity (Wildman–Crippen MR) is 83.6 cm³/mol. The van der Waals surface area contributed by atoms with E-state index in [0.717, 1.165) is 19.4 Å². The molecule has 0 saturated heterocycles. The molecule has 0 fully saturated rings. The Bertz CT molecular complexity index is 411. The van der Waals surface area contributed by atoms with Crippen LogP contribution in [0, 0.1) is 0 Å². The van der Waals surface area contributed by atoms with Gasteiger partial charge in [-0.1, -0.05) is 31.2 Å². The van der Waals surface area contributed by atoms with Gasteiger partial charge in [0.05, 0.1) is 38.6 Å². The lowest BCUT2D eigenvalue weighted by Gasteiger charge is -2.22. The summed E-state index contributed by atoms with van der Waals surface area (Å²) in [6.45, 7) is 5.72. The number of hydrogen-bond donors (Lipinski definition) is 1. The Hall–Kier alpha value is -0.940. The van der Waals surface area contributed by atoms with Crippen LogP contribution in [0.3, 0.4) is 0 Å². The summed E-state index contributed by atoms with van der Waals surface area (Å²) in [5, 5.41) is 3.61. The van der Waals surface area contributed by atoms with Gasteiger partial charge in [-0.05, 0) is 24.1 Å². The zero-order valence-electron chi connectivity index (χ0n) is 13.1. The molecule has 0 spiro atoms. The first-order chi connectivity index (χ1) is 10.4. The fourth-order valence-corrected chi connectivity index (χ4v) is 2.76. The van der Waals surface area contributed by atoms with Crippen molar-refractivity contribution in [3.05, 3.63) is 35.4 Å². The Morgan fingerprint density at radius 1 is 1.14 bits per heavy atom. The van der Waals surface area contributed by atoms with E-state index in [9.17, 15) is 0 Å². The van der Waals surface area contributed by atoms with Crippen LogP contribution in [-0.2, 0) is 20.6 Å². The molecule has 0 aliphatic heterocycles. The number of benzene rings is 1. The minimum atomic E-state index is 0.208. The van der Waals surface area contributed by atoms with Gasteiger partial charge in [0, 0.05) is 13.5 Å². The van der Waals surface area contributed by atoms with Crippen LogP contribution < -0.4 is 5.32 Å². The monoisotopic (exact) mass is 293 g/mol. The molecular formula is C17H27NO3. The van der Waals surface area contributed by atoms with E-state index in [1.54, 1.807) is 7.11 Å². The smallest absolute Gasteiger partial charge is 0.0811 e. The molecule has 21 heavy (non-hydrogen) atoms. The highest BCUT2D eigenvalue weighted by Crippen LogP contribution is 2.33. The summed E-state index contributed by atoms with van der Waals surface area (Å²) in [5.41, 5.74) is 2.78. The number of rotatable bonds is 10. The first-order valence-electron chi connectivity index (χ1n) is 7.86. The average Bonchev–Trinajstić information content (AvgIpc) is 2.86. The maximum absolute atomic E-state index is 6.05. The number of fused-ring (bicyclic) bond motifs is 1. The maximum Gasteiger partial charge on any atom is 0.0811 e. The summed E-state index contributed by atoms with van der Waals surface area (Å²) in [4.78, 5) is 0. The molecule has 0 radical (unpaired) electrons. The third-order valence-electron chi connectivity index (χ3n) is 3.79.